The first-order chi connectivity index (χ1) is 7.47. The van der Waals surface area contributed by atoms with Gasteiger partial charge in [0.2, 0.25) is 0 Å². The van der Waals surface area contributed by atoms with Crippen LogP contribution in [0.15, 0.2) is 12.1 Å². The molecule has 0 rings (SSSR count). The van der Waals surface area contributed by atoms with Crippen molar-refractivity contribution in [3.63, 3.8) is 0 Å². The van der Waals surface area contributed by atoms with Gasteiger partial charge in [0, 0.05) is 0 Å². The standard InChI is InChI=1S/C9H18O6/c1-5(3-10)2-6(12)8(14)9(15)7(13)4-11/h6-15H,1-4H2/t6-,7+,8+,9+/m0/s1/i1D. The lowest BCUT2D eigenvalue weighted by molar-refractivity contribution is -0.114. The maximum atomic E-state index is 9.43. The summed E-state index contributed by atoms with van der Waals surface area (Å²) in [7, 11) is 0. The van der Waals surface area contributed by atoms with E-state index in [-0.39, 0.29) is 12.0 Å². The molecule has 0 heterocycles. The van der Waals surface area contributed by atoms with Gasteiger partial charge in [-0.25, -0.2) is 0 Å². The number of hydrogen-bond acceptors (Lipinski definition) is 6. The average Bonchev–Trinajstić information content (AvgIpc) is 2.32. The molecule has 0 aliphatic carbocycles. The van der Waals surface area contributed by atoms with Crippen LogP contribution < -0.4 is 0 Å². The highest BCUT2D eigenvalue weighted by Gasteiger charge is 2.29. The fourth-order valence-electron chi connectivity index (χ4n) is 1.02. The summed E-state index contributed by atoms with van der Waals surface area (Å²) in [4.78, 5) is 0. The SMILES string of the molecule is [2H]C=C(CO)C[C@H](O)[C@@H](O)[C@H](O)[C@H](O)CO. The molecule has 0 aliphatic heterocycles. The van der Waals surface area contributed by atoms with Crippen LogP contribution in [0, 0.1) is 0 Å². The predicted octanol–water partition coefficient (Wildman–Crippen LogP) is -2.64. The van der Waals surface area contributed by atoms with E-state index >= 15 is 0 Å². The molecule has 0 radical (unpaired) electrons. The minimum Gasteiger partial charge on any atom is -0.394 e. The van der Waals surface area contributed by atoms with Crippen LogP contribution in [0.3, 0.4) is 0 Å². The first-order valence-corrected chi connectivity index (χ1v) is 4.48. The van der Waals surface area contributed by atoms with E-state index in [2.05, 4.69) is 0 Å². The molecule has 0 spiro atoms. The Bertz CT molecular complexity index is 222. The zero-order valence-electron chi connectivity index (χ0n) is 9.19. The third-order valence-corrected chi connectivity index (χ3v) is 2.00. The minimum absolute atomic E-state index is 0.178. The number of hydrogen-bond donors (Lipinski definition) is 6. The normalized spacial score (nSPS) is 21.7. The number of aliphatic hydroxyl groups is 6. The maximum Gasteiger partial charge on any atom is 0.110 e. The second kappa shape index (κ2) is 6.89. The molecule has 0 bridgehead atoms. The molecule has 0 aliphatic rings. The topological polar surface area (TPSA) is 121 Å². The smallest absolute Gasteiger partial charge is 0.110 e. The van der Waals surface area contributed by atoms with Crippen LogP contribution in [0.2, 0.25) is 0 Å². The summed E-state index contributed by atoms with van der Waals surface area (Å²) >= 11 is 0. The zero-order valence-corrected chi connectivity index (χ0v) is 8.19. The number of aliphatic hydroxyl groups excluding tert-OH is 6. The van der Waals surface area contributed by atoms with Gasteiger partial charge in [0.05, 0.1) is 20.7 Å². The van der Waals surface area contributed by atoms with Crippen LogP contribution in [-0.2, 0) is 0 Å². The van der Waals surface area contributed by atoms with Gasteiger partial charge in [-0.2, -0.15) is 0 Å². The summed E-state index contributed by atoms with van der Waals surface area (Å²) in [5.74, 6) is 0. The summed E-state index contributed by atoms with van der Waals surface area (Å²) in [6.45, 7) is -0.344. The molecule has 4 atom stereocenters. The van der Waals surface area contributed by atoms with Crippen LogP contribution in [0.25, 0.3) is 0 Å². The van der Waals surface area contributed by atoms with Gasteiger partial charge in [-0.05, 0) is 12.0 Å². The molecular weight excluding hydrogens is 204 g/mol. The van der Waals surface area contributed by atoms with Crippen molar-refractivity contribution >= 4 is 0 Å². The second-order valence-corrected chi connectivity index (χ2v) is 3.32. The molecule has 6 nitrogen and oxygen atoms in total. The highest BCUT2D eigenvalue weighted by molar-refractivity contribution is 4.98. The van der Waals surface area contributed by atoms with Crippen molar-refractivity contribution in [2.24, 2.45) is 0 Å². The van der Waals surface area contributed by atoms with Crippen LogP contribution in [0.5, 0.6) is 0 Å². The fourth-order valence-corrected chi connectivity index (χ4v) is 1.02. The Morgan fingerprint density at radius 3 is 2.00 bits per heavy atom. The summed E-state index contributed by atoms with van der Waals surface area (Å²) in [5, 5.41) is 54.3. The van der Waals surface area contributed by atoms with Crippen LogP contribution >= 0.6 is 0 Å². The van der Waals surface area contributed by atoms with Gasteiger partial charge < -0.3 is 30.6 Å². The van der Waals surface area contributed by atoms with Crippen LogP contribution in [0.1, 0.15) is 7.79 Å². The van der Waals surface area contributed by atoms with Gasteiger partial charge in [-0.15, -0.1) is 0 Å². The molecule has 0 fully saturated rings. The predicted molar refractivity (Wildman–Crippen MR) is 52.0 cm³/mol. The highest BCUT2D eigenvalue weighted by atomic mass is 16.4. The van der Waals surface area contributed by atoms with Gasteiger partial charge in [-0.3, -0.25) is 0 Å². The summed E-state index contributed by atoms with van der Waals surface area (Å²) in [5.41, 5.74) is 0.178. The molecule has 0 aromatic carbocycles. The molecule has 0 saturated heterocycles. The molecule has 0 aromatic rings. The largest absolute Gasteiger partial charge is 0.394 e. The first-order valence-electron chi connectivity index (χ1n) is 5.05. The lowest BCUT2D eigenvalue weighted by atomic mass is 9.98. The number of rotatable bonds is 7. The van der Waals surface area contributed by atoms with E-state index in [0.717, 1.165) is 6.55 Å². The Hall–Kier alpha value is -0.500. The van der Waals surface area contributed by atoms with Gasteiger partial charge in [0.15, 0.2) is 0 Å². The molecule has 0 aromatic heterocycles. The quantitative estimate of drug-likeness (QED) is 0.262. The molecule has 15 heavy (non-hydrogen) atoms. The van der Waals surface area contributed by atoms with E-state index in [0.29, 0.717) is 0 Å². The summed E-state index contributed by atoms with van der Waals surface area (Å²) in [6.07, 6.45) is -6.53. The monoisotopic (exact) mass is 223 g/mol. The molecule has 90 valence electrons. The van der Waals surface area contributed by atoms with Crippen molar-refractivity contribution in [3.8, 4) is 0 Å². The molecule has 6 heteroatoms. The molecule has 6 N–H and O–H groups in total. The van der Waals surface area contributed by atoms with Crippen molar-refractivity contribution in [3.05, 3.63) is 12.1 Å². The van der Waals surface area contributed by atoms with Gasteiger partial charge >= 0.3 is 0 Å². The van der Waals surface area contributed by atoms with Crippen molar-refractivity contribution in [1.82, 2.24) is 0 Å². The van der Waals surface area contributed by atoms with E-state index < -0.39 is 37.6 Å². The third kappa shape index (κ3) is 4.70. The zero-order chi connectivity index (χ0) is 12.7. The maximum absolute atomic E-state index is 9.43. The van der Waals surface area contributed by atoms with Gasteiger partial charge in [0.25, 0.3) is 0 Å². The highest BCUT2D eigenvalue weighted by Crippen LogP contribution is 2.11. The Labute approximate surface area is 89.1 Å². The Kier molecular flexibility index (Phi) is 5.77. The molecular formula is C9H18O6. The van der Waals surface area contributed by atoms with Crippen molar-refractivity contribution in [2.75, 3.05) is 13.2 Å². The Morgan fingerprint density at radius 1 is 1.07 bits per heavy atom. The van der Waals surface area contributed by atoms with E-state index in [9.17, 15) is 15.3 Å². The van der Waals surface area contributed by atoms with Crippen molar-refractivity contribution in [1.29, 1.82) is 0 Å². The minimum atomic E-state index is -1.69. The van der Waals surface area contributed by atoms with Crippen LogP contribution in [0.4, 0.5) is 0 Å². The third-order valence-electron chi connectivity index (χ3n) is 2.00. The first kappa shape index (κ1) is 12.6. The molecule has 0 amide bonds. The summed E-state index contributed by atoms with van der Waals surface area (Å²) in [6, 6.07) is 0. The summed E-state index contributed by atoms with van der Waals surface area (Å²) < 4.78 is 6.86. The van der Waals surface area contributed by atoms with Crippen LogP contribution in [-0.4, -0.2) is 68.3 Å². The Morgan fingerprint density at radius 2 is 1.60 bits per heavy atom. The molecule has 0 saturated carbocycles. The molecule has 0 unspecified atom stereocenters. The fraction of sp³-hybridized carbons (Fsp3) is 0.778. The van der Waals surface area contributed by atoms with E-state index in [1.54, 1.807) is 0 Å². The van der Waals surface area contributed by atoms with Gasteiger partial charge in [0.1, 0.15) is 18.3 Å². The van der Waals surface area contributed by atoms with E-state index in [4.69, 9.17) is 16.7 Å². The average molecular weight is 223 g/mol. The van der Waals surface area contributed by atoms with E-state index in [1.165, 1.54) is 0 Å². The van der Waals surface area contributed by atoms with E-state index in [1.807, 2.05) is 0 Å². The lowest BCUT2D eigenvalue weighted by Crippen LogP contribution is -2.45. The lowest BCUT2D eigenvalue weighted by Gasteiger charge is -2.25. The van der Waals surface area contributed by atoms with Crippen molar-refractivity contribution < 1.29 is 32.0 Å². The van der Waals surface area contributed by atoms with Crippen molar-refractivity contribution in [2.45, 2.75) is 30.8 Å². The second-order valence-electron chi connectivity index (χ2n) is 3.32. The van der Waals surface area contributed by atoms with Gasteiger partial charge in [-0.1, -0.05) is 6.55 Å². The Balaban J connectivity index is 4.32.